The molecule has 0 radical (unpaired) electrons. The summed E-state index contributed by atoms with van der Waals surface area (Å²) in [7, 11) is 0. The Balaban J connectivity index is 0.000000126. The first kappa shape index (κ1) is 92.9. The van der Waals surface area contributed by atoms with Crippen LogP contribution in [0.4, 0.5) is 128 Å². The van der Waals surface area contributed by atoms with E-state index < -0.39 is 91.7 Å². The number of halogens is 9. The summed E-state index contributed by atoms with van der Waals surface area (Å²) in [5, 5.41) is 20.3. The van der Waals surface area contributed by atoms with Gasteiger partial charge in [0.05, 0.1) is 84.0 Å². The number of aliphatic hydroxyl groups is 1. The monoisotopic (exact) mass is 1880 g/mol. The number of ketones is 4. The van der Waals surface area contributed by atoms with Crippen LogP contribution in [0.15, 0.2) is 160 Å². The minimum atomic E-state index is -4.72. The molecule has 20 rings (SSSR count). The molecule has 5 fully saturated rings. The van der Waals surface area contributed by atoms with Crippen LogP contribution in [0.5, 0.6) is 0 Å². The number of carbonyl (C=O) groups excluding carboxylic acids is 8. The Labute approximate surface area is 769 Å². The van der Waals surface area contributed by atoms with Gasteiger partial charge < -0.3 is 38.0 Å². The van der Waals surface area contributed by atoms with E-state index in [1.807, 2.05) is 11.0 Å². The zero-order valence-corrected chi connectivity index (χ0v) is 73.6. The van der Waals surface area contributed by atoms with Crippen molar-refractivity contribution in [2.75, 3.05) is 119 Å². The number of urea groups is 4. The van der Waals surface area contributed by atoms with Gasteiger partial charge >= 0.3 is 42.7 Å². The van der Waals surface area contributed by atoms with Gasteiger partial charge in [0.25, 0.3) is 0 Å². The molecule has 136 heavy (non-hydrogen) atoms. The fraction of sp³-hybridized carbons (Fsp3) is 0.380. The number of Topliss-reactive ketones (excluding diaryl/α,β-unsaturated/α-hetero) is 4. The van der Waals surface area contributed by atoms with Gasteiger partial charge in [-0.2, -0.15) is 39.5 Å². The molecule has 44 heteroatoms. The first-order valence-electron chi connectivity index (χ1n) is 44.1. The largest absolute Gasteiger partial charge is 0.441 e. The lowest BCUT2D eigenvalue weighted by Crippen LogP contribution is -2.48. The second-order valence-corrected chi connectivity index (χ2v) is 34.2. The Hall–Kier alpha value is -14.9. The summed E-state index contributed by atoms with van der Waals surface area (Å²) in [6.45, 7) is 10.5. The molecular formula is C92H90F9N23O12. The first-order valence-corrected chi connectivity index (χ1v) is 44.1. The zero-order chi connectivity index (χ0) is 95.8. The van der Waals surface area contributed by atoms with Gasteiger partial charge in [-0.15, -0.1) is 0 Å². The standard InChI is InChI=1S/C24H23F3N6O4.C24H23F3N6O3.C24H24N6O3.C20H20F3N5O2/c1-13-29-10-20(37-13)14-4-6-28-21(8-14)31-23(36)33-16-5-7-32(11-16)18-3-2-17(30-22(18)33)19(35)9-15(12-34)24(25,26)27;1-13(24(25,26)27)9-19(34)17-3-4-18-22(30-17)33(16-6-8-32(18)12-16)23(35)31-21-10-15(5-7-28-21)20-11-29-14(2)36-20;1-14-26-12-21(33-14)16-6-8-25-22(11-16)28-24(32)30-17-7-9-29(13-17)19-5-4-18(27-23(19)30)20(31)10-15-2-3-15;21-20(22,23)9-3-4-16(29)14-6-7-15-18(25-14)28(13-8-11-27(15)12-13)19(30)26-17-5-1-2-10-24-17/h2-4,6,8,10,15-16,34H,5,7,9,11-12H2,1H3,(H,28,31,36);3-5,7,10-11,13,16H,6,8-9,12H2,1-2H3,(H,28,31,35);4-6,8,11-12,15,17H,2-3,7,9-10,13H2,1H3,(H,25,28,32);1-2,5-7,10,13H,3-4,8-9,11-12H2,(H,24,26,30)/t15-,16+;13-,16+;17-;13-/m1100/s1. The van der Waals surface area contributed by atoms with Gasteiger partial charge in [0.2, 0.25) is 0 Å². The third-order valence-electron chi connectivity index (χ3n) is 24.6. The van der Waals surface area contributed by atoms with Crippen LogP contribution in [0.25, 0.3) is 34.0 Å². The summed E-state index contributed by atoms with van der Waals surface area (Å²) >= 11 is 0. The minimum Gasteiger partial charge on any atom is -0.441 e. The zero-order valence-electron chi connectivity index (χ0n) is 73.6. The van der Waals surface area contributed by atoms with Crippen LogP contribution in [-0.2, 0) is 0 Å². The minimum absolute atomic E-state index is 0.00103. The van der Waals surface area contributed by atoms with E-state index in [0.717, 1.165) is 69.2 Å². The highest BCUT2D eigenvalue weighted by Gasteiger charge is 2.48. The van der Waals surface area contributed by atoms with Crippen LogP contribution in [0.2, 0.25) is 0 Å². The number of aromatic nitrogens is 11. The molecule has 708 valence electrons. The van der Waals surface area contributed by atoms with Crippen molar-refractivity contribution in [1.29, 1.82) is 0 Å². The van der Waals surface area contributed by atoms with Gasteiger partial charge in [-0.1, -0.05) is 13.0 Å². The molecule has 9 aliphatic rings. The number of amides is 8. The maximum Gasteiger partial charge on any atom is 0.394 e. The number of hydrogen-bond acceptors (Lipinski definition) is 27. The number of aliphatic hydroxyl groups excluding tert-OH is 1. The van der Waals surface area contributed by atoms with E-state index in [9.17, 15) is 77.9 Å². The molecule has 8 amide bonds. The number of nitrogens with one attached hydrogen (secondary N) is 4. The van der Waals surface area contributed by atoms with Crippen molar-refractivity contribution >= 4 is 117 Å². The molecule has 6 atom stereocenters. The van der Waals surface area contributed by atoms with Crippen LogP contribution >= 0.6 is 0 Å². The lowest BCUT2D eigenvalue weighted by Gasteiger charge is -2.35. The maximum absolute atomic E-state index is 13.4. The number of alkyl halides is 9. The molecule has 1 aliphatic carbocycles. The van der Waals surface area contributed by atoms with Crippen molar-refractivity contribution in [3.8, 4) is 34.0 Å². The second-order valence-electron chi connectivity index (χ2n) is 34.2. The number of fused-ring (bicyclic) bond motifs is 16. The summed E-state index contributed by atoms with van der Waals surface area (Å²) in [6.07, 6.45) is -0.0147. The van der Waals surface area contributed by atoms with Crippen molar-refractivity contribution in [2.24, 2.45) is 17.8 Å². The number of nitrogens with zero attached hydrogens (tertiary/aromatic N) is 19. The first-order chi connectivity index (χ1) is 65.1. The molecule has 19 heterocycles. The van der Waals surface area contributed by atoms with E-state index >= 15 is 0 Å². The number of hydrogen-bond donors (Lipinski definition) is 5. The molecule has 8 bridgehead atoms. The maximum atomic E-state index is 13.4. The highest BCUT2D eigenvalue weighted by Crippen LogP contribution is 2.46. The van der Waals surface area contributed by atoms with E-state index in [4.69, 9.17) is 18.4 Å². The normalized spacial score (nSPS) is 17.9. The predicted octanol–water partition coefficient (Wildman–Crippen LogP) is 16.7. The van der Waals surface area contributed by atoms with Gasteiger partial charge in [-0.25, -0.2) is 74.0 Å². The number of rotatable bonds is 21. The third-order valence-corrected chi connectivity index (χ3v) is 24.6. The Bertz CT molecular complexity index is 6370. The molecule has 11 aromatic rings. The number of anilines is 12. The molecule has 11 aromatic heterocycles. The molecule has 0 spiro atoms. The Morgan fingerprint density at radius 1 is 0.412 bits per heavy atom. The molecule has 35 nitrogen and oxygen atoms in total. The van der Waals surface area contributed by atoms with E-state index in [0.29, 0.717) is 144 Å². The van der Waals surface area contributed by atoms with Gasteiger partial charge in [0, 0.05) is 147 Å². The Kier molecular flexibility index (Phi) is 26.4. The van der Waals surface area contributed by atoms with Crippen LogP contribution in [0.1, 0.15) is 144 Å². The van der Waals surface area contributed by atoms with Crippen LogP contribution in [0.3, 0.4) is 0 Å². The fourth-order valence-electron chi connectivity index (χ4n) is 17.4. The van der Waals surface area contributed by atoms with E-state index in [2.05, 4.69) is 90.8 Å². The molecule has 4 saturated heterocycles. The van der Waals surface area contributed by atoms with Gasteiger partial charge in [0.1, 0.15) is 46.0 Å². The van der Waals surface area contributed by atoms with Gasteiger partial charge in [0.15, 0.2) is 81.4 Å². The van der Waals surface area contributed by atoms with Crippen LogP contribution in [0, 0.1) is 38.5 Å². The topological polar surface area (TPSA) is 412 Å². The number of pyridine rings is 8. The lowest BCUT2D eigenvalue weighted by molar-refractivity contribution is -0.182. The average molecular weight is 1880 g/mol. The highest BCUT2D eigenvalue weighted by atomic mass is 19.4. The SMILES string of the molecule is Cc1ncc(-c2ccnc(NC(=O)N3c4nc(C(=O)CC5CC5)ccc4N4CC[C@H]3C4)c2)o1.Cc1ncc(-c2ccnc(NC(=O)N3c4nc(C(=O)C[C@@H](C)C(F)(F)F)ccc4N4CC[C@H]3C4)c2)o1.Cc1ncc(-c2ccnc(NC(=O)N3c4nc(C(=O)C[C@H](CO)C(F)(F)F)ccc4N4CC[C@H]3C4)c2)o1.O=C(CCCC(F)(F)F)c1ccc2c(n1)N(C(=O)Nc1ccccn1)[C@H]1CCN2C1. The summed E-state index contributed by atoms with van der Waals surface area (Å²) < 4.78 is 132. The summed E-state index contributed by atoms with van der Waals surface area (Å²) in [5.41, 5.74) is 5.17. The third kappa shape index (κ3) is 20.9. The number of aryl methyl sites for hydroxylation is 3. The number of oxazole rings is 3. The molecule has 0 unspecified atom stereocenters. The molecule has 5 N–H and O–H groups in total. The smallest absolute Gasteiger partial charge is 0.394 e. The van der Waals surface area contributed by atoms with Crippen molar-refractivity contribution in [2.45, 2.75) is 147 Å². The summed E-state index contributed by atoms with van der Waals surface area (Å²) in [4.78, 5) is 165. The highest BCUT2D eigenvalue weighted by molar-refractivity contribution is 6.09. The van der Waals surface area contributed by atoms with E-state index in [1.54, 1.807) is 136 Å². The van der Waals surface area contributed by atoms with E-state index in [-0.39, 0.29) is 89.2 Å². The quantitative estimate of drug-likeness (QED) is 0.0329. The fourth-order valence-corrected chi connectivity index (χ4v) is 17.4. The van der Waals surface area contributed by atoms with Crippen LogP contribution in [-0.4, -0.2) is 209 Å². The Morgan fingerprint density at radius 2 is 0.757 bits per heavy atom. The Morgan fingerprint density at radius 3 is 1.07 bits per heavy atom. The van der Waals surface area contributed by atoms with Crippen molar-refractivity contribution in [3.05, 3.63) is 187 Å². The average Bonchev–Trinajstić information content (AvgIpc) is 1.58. The van der Waals surface area contributed by atoms with Crippen LogP contribution < -0.4 is 60.5 Å². The lowest BCUT2D eigenvalue weighted by atomic mass is 10.0. The van der Waals surface area contributed by atoms with Crippen molar-refractivity contribution in [3.63, 3.8) is 0 Å². The van der Waals surface area contributed by atoms with E-state index in [1.165, 1.54) is 45.3 Å². The van der Waals surface area contributed by atoms with Crippen molar-refractivity contribution in [1.82, 2.24) is 54.8 Å². The second kappa shape index (κ2) is 38.6. The van der Waals surface area contributed by atoms with Gasteiger partial charge in [-0.05, 0) is 148 Å². The van der Waals surface area contributed by atoms with Gasteiger partial charge in [-0.3, -0.25) is 60.0 Å². The molecule has 0 aromatic carbocycles. The predicted molar refractivity (Wildman–Crippen MR) is 479 cm³/mol. The molecular weight excluding hydrogens is 1790 g/mol. The molecule has 8 aliphatic heterocycles. The summed E-state index contributed by atoms with van der Waals surface area (Å²) in [5.74, 6) is 0.342. The summed E-state index contributed by atoms with van der Waals surface area (Å²) in [6, 6.07) is 26.1. The number of carbonyl (C=O) groups is 8. The van der Waals surface area contributed by atoms with Crippen molar-refractivity contribution < 1.29 is 96.2 Å². The molecule has 1 saturated carbocycles.